The molecule has 0 bridgehead atoms. The first kappa shape index (κ1) is 15.3. The third-order valence-electron chi connectivity index (χ3n) is 4.41. The second kappa shape index (κ2) is 6.28. The number of rotatable bonds is 3. The van der Waals surface area contributed by atoms with Crippen molar-refractivity contribution in [1.29, 1.82) is 0 Å². The molecule has 5 heteroatoms. The minimum Gasteiger partial charge on any atom is -0.507 e. The number of nitrogens with zero attached hydrogens (tertiary/aromatic N) is 2. The van der Waals surface area contributed by atoms with Gasteiger partial charge in [-0.1, -0.05) is 30.3 Å². The lowest BCUT2D eigenvalue weighted by atomic mass is 9.91. The van der Waals surface area contributed by atoms with Crippen molar-refractivity contribution >= 4 is 5.71 Å². The first-order valence-electron chi connectivity index (χ1n) is 7.95. The molecule has 2 aromatic rings. The van der Waals surface area contributed by atoms with Gasteiger partial charge < -0.3 is 10.3 Å². The molecule has 0 spiro atoms. The van der Waals surface area contributed by atoms with Crippen molar-refractivity contribution in [2.45, 2.75) is 39.0 Å². The molecule has 1 aliphatic carbocycles. The van der Waals surface area contributed by atoms with Crippen LogP contribution in [0.5, 0.6) is 5.75 Å². The smallest absolute Gasteiger partial charge is 0.268 e. The van der Waals surface area contributed by atoms with Crippen LogP contribution >= 0.6 is 0 Å². The van der Waals surface area contributed by atoms with Gasteiger partial charge in [-0.05, 0) is 44.2 Å². The van der Waals surface area contributed by atoms with Gasteiger partial charge in [0.2, 0.25) is 0 Å². The third kappa shape index (κ3) is 2.52. The van der Waals surface area contributed by atoms with E-state index in [1.54, 1.807) is 11.5 Å². The highest BCUT2D eigenvalue weighted by molar-refractivity contribution is 6.02. The van der Waals surface area contributed by atoms with Crippen molar-refractivity contribution in [1.82, 2.24) is 4.57 Å². The van der Waals surface area contributed by atoms with Crippen LogP contribution in [0.1, 0.15) is 43.0 Å². The van der Waals surface area contributed by atoms with Gasteiger partial charge in [-0.3, -0.25) is 9.36 Å². The Morgan fingerprint density at radius 1 is 1.22 bits per heavy atom. The maximum atomic E-state index is 13.0. The zero-order valence-corrected chi connectivity index (χ0v) is 13.1. The molecular formula is C18H20N2O3. The van der Waals surface area contributed by atoms with Crippen molar-refractivity contribution in [3.8, 4) is 11.4 Å². The number of benzene rings is 1. The van der Waals surface area contributed by atoms with Gasteiger partial charge in [0.1, 0.15) is 11.3 Å². The zero-order chi connectivity index (χ0) is 16.4. The number of oxime groups is 1. The highest BCUT2D eigenvalue weighted by atomic mass is 16.4. The quantitative estimate of drug-likeness (QED) is 0.520. The summed E-state index contributed by atoms with van der Waals surface area (Å²) >= 11 is 0. The van der Waals surface area contributed by atoms with E-state index in [1.807, 2.05) is 30.3 Å². The maximum Gasteiger partial charge on any atom is 0.268 e. The number of aromatic hydroxyl groups is 1. The Morgan fingerprint density at radius 3 is 2.57 bits per heavy atom. The molecule has 1 heterocycles. The van der Waals surface area contributed by atoms with Crippen molar-refractivity contribution < 1.29 is 10.3 Å². The molecule has 1 aromatic carbocycles. The molecule has 0 fully saturated rings. The second-order valence-corrected chi connectivity index (χ2v) is 5.73. The maximum absolute atomic E-state index is 13.0. The number of hydrogen-bond donors (Lipinski definition) is 2. The number of aromatic nitrogens is 1. The van der Waals surface area contributed by atoms with E-state index in [0.29, 0.717) is 6.42 Å². The summed E-state index contributed by atoms with van der Waals surface area (Å²) in [6.45, 7) is 1.79. The molecule has 5 nitrogen and oxygen atoms in total. The Morgan fingerprint density at radius 2 is 1.91 bits per heavy atom. The molecule has 0 radical (unpaired) electrons. The van der Waals surface area contributed by atoms with Gasteiger partial charge in [-0.15, -0.1) is 0 Å². The third-order valence-corrected chi connectivity index (χ3v) is 4.41. The summed E-state index contributed by atoms with van der Waals surface area (Å²) < 4.78 is 1.66. The summed E-state index contributed by atoms with van der Waals surface area (Å²) in [7, 11) is 0. The second-order valence-electron chi connectivity index (χ2n) is 5.73. The fourth-order valence-electron chi connectivity index (χ4n) is 3.29. The molecule has 2 N–H and O–H groups in total. The van der Waals surface area contributed by atoms with E-state index in [9.17, 15) is 15.1 Å². The predicted molar refractivity (Wildman–Crippen MR) is 89.0 cm³/mol. The largest absolute Gasteiger partial charge is 0.507 e. The van der Waals surface area contributed by atoms with Crippen LogP contribution in [0.2, 0.25) is 0 Å². The van der Waals surface area contributed by atoms with E-state index in [1.165, 1.54) is 0 Å². The van der Waals surface area contributed by atoms with Crippen molar-refractivity contribution in [3.63, 3.8) is 0 Å². The standard InChI is InChI=1S/C18H20N2O3/c1-2-14(19-23)16-17(21)13-10-6-7-11-15(13)20(18(16)22)12-8-4-3-5-9-12/h3-5,8-9,21,23H,2,6-7,10-11H2,1H3/b19-14-. The van der Waals surface area contributed by atoms with Crippen molar-refractivity contribution in [2.24, 2.45) is 5.16 Å². The minimum atomic E-state index is -0.330. The Hall–Kier alpha value is -2.56. The molecule has 120 valence electrons. The average molecular weight is 312 g/mol. The molecule has 0 unspecified atom stereocenters. The number of hydrogen-bond acceptors (Lipinski definition) is 4. The summed E-state index contributed by atoms with van der Waals surface area (Å²) in [6, 6.07) is 9.40. The highest BCUT2D eigenvalue weighted by Gasteiger charge is 2.26. The fraction of sp³-hybridized carbons (Fsp3) is 0.333. The van der Waals surface area contributed by atoms with Crippen molar-refractivity contribution in [3.05, 3.63) is 57.5 Å². The van der Waals surface area contributed by atoms with Crippen LogP contribution in [0.15, 0.2) is 40.3 Å². The molecule has 0 saturated heterocycles. The average Bonchev–Trinajstić information content (AvgIpc) is 2.60. The minimum absolute atomic E-state index is 0.0217. The summed E-state index contributed by atoms with van der Waals surface area (Å²) in [4.78, 5) is 13.0. The van der Waals surface area contributed by atoms with E-state index >= 15 is 0 Å². The topological polar surface area (TPSA) is 74.8 Å². The van der Waals surface area contributed by atoms with Gasteiger partial charge in [0.05, 0.1) is 5.71 Å². The molecule has 0 saturated carbocycles. The van der Waals surface area contributed by atoms with Gasteiger partial charge >= 0.3 is 0 Å². The number of fused-ring (bicyclic) bond motifs is 1. The normalized spacial score (nSPS) is 14.6. The van der Waals surface area contributed by atoms with E-state index in [-0.39, 0.29) is 22.6 Å². The molecule has 1 aliphatic rings. The molecule has 0 atom stereocenters. The molecule has 0 aliphatic heterocycles. The van der Waals surface area contributed by atoms with Crippen LogP contribution in [-0.4, -0.2) is 20.6 Å². The highest BCUT2D eigenvalue weighted by Crippen LogP contribution is 2.32. The monoisotopic (exact) mass is 312 g/mol. The van der Waals surface area contributed by atoms with E-state index in [4.69, 9.17) is 0 Å². The first-order valence-corrected chi connectivity index (χ1v) is 7.95. The Kier molecular flexibility index (Phi) is 4.19. The molecule has 0 amide bonds. The number of pyridine rings is 1. The van der Waals surface area contributed by atoms with Crippen LogP contribution in [-0.2, 0) is 12.8 Å². The summed E-state index contributed by atoms with van der Waals surface area (Å²) in [5.41, 5.74) is 2.42. The summed E-state index contributed by atoms with van der Waals surface area (Å²) in [5.74, 6) is -0.0217. The first-order chi connectivity index (χ1) is 11.2. The van der Waals surface area contributed by atoms with Crippen LogP contribution in [0.4, 0.5) is 0 Å². The Labute approximate surface area is 134 Å². The predicted octanol–water partition coefficient (Wildman–Crippen LogP) is 3.01. The van der Waals surface area contributed by atoms with Crippen LogP contribution in [0.3, 0.4) is 0 Å². The summed E-state index contributed by atoms with van der Waals surface area (Å²) in [6.07, 6.45) is 3.82. The van der Waals surface area contributed by atoms with Crippen LogP contribution in [0, 0.1) is 0 Å². The van der Waals surface area contributed by atoms with Crippen molar-refractivity contribution in [2.75, 3.05) is 0 Å². The zero-order valence-electron chi connectivity index (χ0n) is 13.1. The van der Waals surface area contributed by atoms with E-state index < -0.39 is 0 Å². The van der Waals surface area contributed by atoms with Gasteiger partial charge in [-0.2, -0.15) is 0 Å². The molecular weight excluding hydrogens is 292 g/mol. The lowest BCUT2D eigenvalue weighted by Crippen LogP contribution is -2.31. The lowest BCUT2D eigenvalue weighted by molar-refractivity contribution is 0.317. The van der Waals surface area contributed by atoms with Gasteiger partial charge in [0.15, 0.2) is 0 Å². The summed E-state index contributed by atoms with van der Waals surface area (Å²) in [5, 5.41) is 23.1. The van der Waals surface area contributed by atoms with Gasteiger partial charge in [-0.25, -0.2) is 0 Å². The van der Waals surface area contributed by atoms with E-state index in [0.717, 1.165) is 42.6 Å². The van der Waals surface area contributed by atoms with Crippen LogP contribution in [0.25, 0.3) is 5.69 Å². The molecule has 3 rings (SSSR count). The van der Waals surface area contributed by atoms with Gasteiger partial charge in [0, 0.05) is 16.9 Å². The van der Waals surface area contributed by atoms with Gasteiger partial charge in [0.25, 0.3) is 5.56 Å². The molecule has 23 heavy (non-hydrogen) atoms. The van der Waals surface area contributed by atoms with E-state index in [2.05, 4.69) is 5.16 Å². The van der Waals surface area contributed by atoms with Crippen LogP contribution < -0.4 is 5.56 Å². The Bertz CT molecular complexity index is 807. The number of para-hydroxylation sites is 1. The SMILES string of the molecule is CC/C(=N/O)c1c(O)c2c(n(-c3ccccc3)c1=O)CCCC2. The Balaban J connectivity index is 2.39. The molecule has 1 aromatic heterocycles. The lowest BCUT2D eigenvalue weighted by Gasteiger charge is -2.24. The fourth-order valence-corrected chi connectivity index (χ4v) is 3.29.